The van der Waals surface area contributed by atoms with E-state index in [2.05, 4.69) is 4.40 Å². The Balaban J connectivity index is 2.08. The number of hydrogen-bond acceptors (Lipinski definition) is 3. The molecular formula is C23H30N2O3S. The van der Waals surface area contributed by atoms with Gasteiger partial charge in [-0.3, -0.25) is 0 Å². The molecule has 0 aliphatic carbocycles. The number of likely N-dealkylation sites (tertiary alicyclic amines) is 1. The van der Waals surface area contributed by atoms with Crippen LogP contribution in [0.25, 0.3) is 0 Å². The molecule has 0 saturated carbocycles. The number of sulfonamides is 1. The SMILES string of the molecule is Cc1ccc(S(=O)(=O)/N=C2\[C@H]([C@@H](O)c3ccccc3)CCCN2C(C)(C)C)cc1. The molecule has 2 aromatic rings. The van der Waals surface area contributed by atoms with Gasteiger partial charge in [-0.05, 0) is 58.2 Å². The van der Waals surface area contributed by atoms with Crippen molar-refractivity contribution in [1.29, 1.82) is 0 Å². The van der Waals surface area contributed by atoms with E-state index in [1.165, 1.54) is 0 Å². The molecule has 156 valence electrons. The molecule has 1 N–H and O–H groups in total. The van der Waals surface area contributed by atoms with E-state index in [0.717, 1.165) is 17.5 Å². The minimum atomic E-state index is -3.88. The van der Waals surface area contributed by atoms with E-state index >= 15 is 0 Å². The fourth-order valence-corrected chi connectivity index (χ4v) is 4.84. The van der Waals surface area contributed by atoms with Gasteiger partial charge >= 0.3 is 0 Å². The Morgan fingerprint density at radius 2 is 1.69 bits per heavy atom. The van der Waals surface area contributed by atoms with Gasteiger partial charge in [0.15, 0.2) is 0 Å². The first-order valence-electron chi connectivity index (χ1n) is 10.0. The largest absolute Gasteiger partial charge is 0.388 e. The number of benzene rings is 2. The lowest BCUT2D eigenvalue weighted by Gasteiger charge is -2.45. The normalized spacial score (nSPS) is 20.7. The summed E-state index contributed by atoms with van der Waals surface area (Å²) in [6, 6.07) is 16.1. The fraction of sp³-hybridized carbons (Fsp3) is 0.435. The number of hydrogen-bond donors (Lipinski definition) is 1. The third-order valence-electron chi connectivity index (χ3n) is 5.37. The molecule has 3 rings (SSSR count). The topological polar surface area (TPSA) is 70.0 Å². The first-order chi connectivity index (χ1) is 13.6. The lowest BCUT2D eigenvalue weighted by atomic mass is 9.85. The van der Waals surface area contributed by atoms with Crippen molar-refractivity contribution in [2.24, 2.45) is 10.3 Å². The maximum absolute atomic E-state index is 13.1. The Labute approximate surface area is 174 Å². The number of aryl methyl sites for hydroxylation is 1. The molecular weight excluding hydrogens is 384 g/mol. The second-order valence-electron chi connectivity index (χ2n) is 8.66. The third-order valence-corrected chi connectivity index (χ3v) is 6.66. The van der Waals surface area contributed by atoms with Gasteiger partial charge in [0.05, 0.1) is 11.0 Å². The minimum Gasteiger partial charge on any atom is -0.388 e. The zero-order valence-corrected chi connectivity index (χ0v) is 18.4. The molecule has 2 atom stereocenters. The Bertz CT molecular complexity index is 961. The molecule has 0 spiro atoms. The van der Waals surface area contributed by atoms with Crippen LogP contribution in [-0.2, 0) is 10.0 Å². The molecule has 1 saturated heterocycles. The standard InChI is InChI=1S/C23H30N2O3S/c1-17-12-14-19(15-13-17)29(27,28)24-22-20(11-8-16-25(22)23(2,3)4)21(26)18-9-6-5-7-10-18/h5-7,9-10,12-15,20-21,26H,8,11,16H2,1-4H3/b24-22+/t20-,21-/m0/s1. The van der Waals surface area contributed by atoms with Gasteiger partial charge in [0, 0.05) is 18.0 Å². The lowest BCUT2D eigenvalue weighted by Crippen LogP contribution is -2.52. The van der Waals surface area contributed by atoms with E-state index in [-0.39, 0.29) is 16.4 Å². The van der Waals surface area contributed by atoms with E-state index in [9.17, 15) is 13.5 Å². The molecule has 0 amide bonds. The van der Waals surface area contributed by atoms with Crippen molar-refractivity contribution in [3.63, 3.8) is 0 Å². The predicted molar refractivity (Wildman–Crippen MR) is 116 cm³/mol. The van der Waals surface area contributed by atoms with Crippen LogP contribution in [0, 0.1) is 12.8 Å². The zero-order valence-electron chi connectivity index (χ0n) is 17.5. The second kappa shape index (κ2) is 8.28. The summed E-state index contributed by atoms with van der Waals surface area (Å²) in [5, 5.41) is 11.1. The monoisotopic (exact) mass is 414 g/mol. The molecule has 29 heavy (non-hydrogen) atoms. The molecule has 6 heteroatoms. The van der Waals surface area contributed by atoms with Gasteiger partial charge in [-0.25, -0.2) is 0 Å². The van der Waals surface area contributed by atoms with Crippen molar-refractivity contribution >= 4 is 15.9 Å². The highest BCUT2D eigenvalue weighted by molar-refractivity contribution is 7.90. The Morgan fingerprint density at radius 1 is 1.07 bits per heavy atom. The predicted octanol–water partition coefficient (Wildman–Crippen LogP) is 4.33. The van der Waals surface area contributed by atoms with E-state index in [1.54, 1.807) is 24.3 Å². The summed E-state index contributed by atoms with van der Waals surface area (Å²) in [7, 11) is -3.88. The summed E-state index contributed by atoms with van der Waals surface area (Å²) in [6.07, 6.45) is 0.744. The summed E-state index contributed by atoms with van der Waals surface area (Å²) in [4.78, 5) is 2.20. The molecule has 1 aliphatic rings. The highest BCUT2D eigenvalue weighted by Crippen LogP contribution is 2.35. The second-order valence-corrected chi connectivity index (χ2v) is 10.3. The summed E-state index contributed by atoms with van der Waals surface area (Å²) in [6.45, 7) is 8.75. The van der Waals surface area contributed by atoms with Crippen molar-refractivity contribution in [3.05, 3.63) is 65.7 Å². The number of piperidine rings is 1. The number of amidine groups is 1. The van der Waals surface area contributed by atoms with Gasteiger partial charge in [0.1, 0.15) is 5.84 Å². The molecule has 1 heterocycles. The van der Waals surface area contributed by atoms with Gasteiger partial charge in [-0.2, -0.15) is 8.42 Å². The Hall–Kier alpha value is -2.18. The van der Waals surface area contributed by atoms with Gasteiger partial charge in [-0.15, -0.1) is 4.40 Å². The summed E-state index contributed by atoms with van der Waals surface area (Å²) in [5.74, 6) is 0.0614. The van der Waals surface area contributed by atoms with Crippen LogP contribution in [0.3, 0.4) is 0 Å². The van der Waals surface area contributed by atoms with E-state index in [1.807, 2.05) is 62.9 Å². The van der Waals surface area contributed by atoms with Gasteiger partial charge < -0.3 is 10.0 Å². The van der Waals surface area contributed by atoms with Crippen LogP contribution in [-0.4, -0.2) is 36.3 Å². The molecule has 5 nitrogen and oxygen atoms in total. The lowest BCUT2D eigenvalue weighted by molar-refractivity contribution is 0.101. The molecule has 0 unspecified atom stereocenters. The first-order valence-corrected chi connectivity index (χ1v) is 11.5. The van der Waals surface area contributed by atoms with Gasteiger partial charge in [0.2, 0.25) is 0 Å². The number of nitrogens with zero attached hydrogens (tertiary/aromatic N) is 2. The van der Waals surface area contributed by atoms with Gasteiger partial charge in [-0.1, -0.05) is 48.0 Å². The van der Waals surface area contributed by atoms with Crippen LogP contribution < -0.4 is 0 Å². The van der Waals surface area contributed by atoms with Crippen LogP contribution in [0.15, 0.2) is 63.9 Å². The van der Waals surface area contributed by atoms with Crippen molar-refractivity contribution < 1.29 is 13.5 Å². The minimum absolute atomic E-state index is 0.169. The molecule has 1 aliphatic heterocycles. The van der Waals surface area contributed by atoms with Crippen LogP contribution in [0.1, 0.15) is 50.8 Å². The number of rotatable bonds is 4. The summed E-state index contributed by atoms with van der Waals surface area (Å²) >= 11 is 0. The van der Waals surface area contributed by atoms with Crippen LogP contribution >= 0.6 is 0 Å². The molecule has 0 radical (unpaired) electrons. The van der Waals surface area contributed by atoms with Crippen molar-refractivity contribution in [1.82, 2.24) is 4.90 Å². The maximum atomic E-state index is 13.1. The fourth-order valence-electron chi connectivity index (χ4n) is 3.78. The van der Waals surface area contributed by atoms with Crippen molar-refractivity contribution in [3.8, 4) is 0 Å². The van der Waals surface area contributed by atoms with Crippen LogP contribution in [0.2, 0.25) is 0 Å². The van der Waals surface area contributed by atoms with E-state index < -0.39 is 16.1 Å². The quantitative estimate of drug-likeness (QED) is 0.809. The molecule has 1 fully saturated rings. The van der Waals surface area contributed by atoms with Crippen molar-refractivity contribution in [2.75, 3.05) is 6.54 Å². The highest BCUT2D eigenvalue weighted by atomic mass is 32.2. The average Bonchev–Trinajstić information content (AvgIpc) is 2.67. The summed E-state index contributed by atoms with van der Waals surface area (Å²) in [5.41, 5.74) is 1.45. The average molecular weight is 415 g/mol. The van der Waals surface area contributed by atoms with Crippen LogP contribution in [0.5, 0.6) is 0 Å². The molecule has 0 bridgehead atoms. The zero-order chi connectivity index (χ0) is 21.2. The number of aliphatic hydroxyl groups is 1. The van der Waals surface area contributed by atoms with Crippen molar-refractivity contribution in [2.45, 2.75) is 57.1 Å². The van der Waals surface area contributed by atoms with E-state index in [0.29, 0.717) is 18.8 Å². The molecule has 0 aromatic heterocycles. The maximum Gasteiger partial charge on any atom is 0.283 e. The van der Waals surface area contributed by atoms with Gasteiger partial charge in [0.25, 0.3) is 10.0 Å². The highest BCUT2D eigenvalue weighted by Gasteiger charge is 2.38. The van der Waals surface area contributed by atoms with E-state index in [4.69, 9.17) is 0 Å². The Kier molecular flexibility index (Phi) is 6.15. The number of aliphatic hydroxyl groups excluding tert-OH is 1. The first kappa shape index (κ1) is 21.5. The smallest absolute Gasteiger partial charge is 0.283 e. The third kappa shape index (κ3) is 4.87. The van der Waals surface area contributed by atoms with Crippen LogP contribution in [0.4, 0.5) is 0 Å². The summed E-state index contributed by atoms with van der Waals surface area (Å²) < 4.78 is 30.5. The molecule has 2 aromatic carbocycles. The Morgan fingerprint density at radius 3 is 2.28 bits per heavy atom.